The number of nitrogens with one attached hydrogen (secondary N) is 1. The standard InChI is InChI=1S/C11H14BBrN2/c1-3-12-9-6-8(10(14)15)4-5-11(2,13)7-9/h3-7,12H,1H2,2H3,(H3,14,15). The molecule has 0 radical (unpaired) electrons. The largest absolute Gasteiger partial charge is 0.384 e. The van der Waals surface area contributed by atoms with Gasteiger partial charge in [-0.2, -0.15) is 0 Å². The molecule has 1 atom stereocenters. The van der Waals surface area contributed by atoms with E-state index in [1.165, 1.54) is 0 Å². The summed E-state index contributed by atoms with van der Waals surface area (Å²) in [5.41, 5.74) is 7.33. The van der Waals surface area contributed by atoms with Gasteiger partial charge in [-0.3, -0.25) is 5.41 Å². The van der Waals surface area contributed by atoms with Gasteiger partial charge in [-0.05, 0) is 6.92 Å². The molecule has 0 aromatic heterocycles. The summed E-state index contributed by atoms with van der Waals surface area (Å²) in [6, 6.07) is 0. The average Bonchev–Trinajstić information content (AvgIpc) is 2.24. The lowest BCUT2D eigenvalue weighted by Gasteiger charge is -2.12. The van der Waals surface area contributed by atoms with Crippen LogP contribution in [0.1, 0.15) is 6.92 Å². The number of hydrogen-bond donors (Lipinski definition) is 2. The molecule has 0 saturated heterocycles. The third-order valence-electron chi connectivity index (χ3n) is 2.09. The lowest BCUT2D eigenvalue weighted by atomic mass is 9.68. The van der Waals surface area contributed by atoms with Crippen LogP contribution in [0.2, 0.25) is 0 Å². The fraction of sp³-hybridized carbons (Fsp3) is 0.182. The molecule has 1 aliphatic carbocycles. The highest BCUT2D eigenvalue weighted by atomic mass is 79.9. The van der Waals surface area contributed by atoms with Crippen LogP contribution in [-0.2, 0) is 0 Å². The molecule has 1 aliphatic rings. The maximum Gasteiger partial charge on any atom is 0.181 e. The second kappa shape index (κ2) is 4.66. The van der Waals surface area contributed by atoms with Crippen LogP contribution in [0.4, 0.5) is 0 Å². The number of rotatable bonds is 3. The minimum absolute atomic E-state index is 0.0893. The summed E-state index contributed by atoms with van der Waals surface area (Å²) >= 11 is 3.59. The topological polar surface area (TPSA) is 49.9 Å². The Balaban J connectivity index is 3.11. The first-order valence-corrected chi connectivity index (χ1v) is 5.51. The minimum Gasteiger partial charge on any atom is -0.384 e. The zero-order valence-electron chi connectivity index (χ0n) is 8.76. The Hall–Kier alpha value is -1.03. The Morgan fingerprint density at radius 1 is 1.73 bits per heavy atom. The van der Waals surface area contributed by atoms with Crippen LogP contribution in [0, 0.1) is 5.41 Å². The molecule has 0 spiro atoms. The highest BCUT2D eigenvalue weighted by Crippen LogP contribution is 2.26. The van der Waals surface area contributed by atoms with E-state index >= 15 is 0 Å². The maximum atomic E-state index is 7.43. The van der Waals surface area contributed by atoms with Gasteiger partial charge in [0, 0.05) is 5.57 Å². The van der Waals surface area contributed by atoms with Gasteiger partial charge in [0.15, 0.2) is 7.28 Å². The molecule has 0 saturated carbocycles. The molecule has 0 bridgehead atoms. The van der Waals surface area contributed by atoms with Gasteiger partial charge in [0.25, 0.3) is 0 Å². The second-order valence-corrected chi connectivity index (χ2v) is 5.42. The average molecular weight is 265 g/mol. The Morgan fingerprint density at radius 2 is 2.40 bits per heavy atom. The Kier molecular flexibility index (Phi) is 3.74. The van der Waals surface area contributed by atoms with Gasteiger partial charge in [-0.25, -0.2) is 0 Å². The predicted octanol–water partition coefficient (Wildman–Crippen LogP) is 2.04. The normalized spacial score (nSPS) is 24.9. The van der Waals surface area contributed by atoms with Crippen molar-refractivity contribution in [2.75, 3.05) is 0 Å². The van der Waals surface area contributed by atoms with Crippen molar-refractivity contribution < 1.29 is 0 Å². The van der Waals surface area contributed by atoms with Crippen molar-refractivity contribution in [3.8, 4) is 0 Å². The summed E-state index contributed by atoms with van der Waals surface area (Å²) < 4.78 is -0.182. The predicted molar refractivity (Wildman–Crippen MR) is 71.9 cm³/mol. The van der Waals surface area contributed by atoms with Gasteiger partial charge >= 0.3 is 0 Å². The number of amidine groups is 1. The third kappa shape index (κ3) is 3.55. The number of halogens is 1. The molecule has 1 rings (SSSR count). The molecule has 1 unspecified atom stereocenters. The van der Waals surface area contributed by atoms with Crippen molar-refractivity contribution in [1.29, 1.82) is 5.41 Å². The van der Waals surface area contributed by atoms with Crippen LogP contribution in [-0.4, -0.2) is 17.4 Å². The van der Waals surface area contributed by atoms with Gasteiger partial charge in [-0.15, -0.1) is 12.6 Å². The van der Waals surface area contributed by atoms with E-state index in [2.05, 4.69) is 28.6 Å². The summed E-state index contributed by atoms with van der Waals surface area (Å²) in [5.74, 6) is 1.93. The summed E-state index contributed by atoms with van der Waals surface area (Å²) in [7, 11) is 0.777. The Labute approximate surface area is 99.5 Å². The lowest BCUT2D eigenvalue weighted by Crippen LogP contribution is -2.11. The molecule has 78 valence electrons. The Bertz CT molecular complexity index is 378. The zero-order chi connectivity index (χ0) is 11.5. The molecule has 15 heavy (non-hydrogen) atoms. The summed E-state index contributed by atoms with van der Waals surface area (Å²) in [4.78, 5) is 0. The Morgan fingerprint density at radius 3 is 2.93 bits per heavy atom. The van der Waals surface area contributed by atoms with Crippen LogP contribution >= 0.6 is 15.9 Å². The van der Waals surface area contributed by atoms with Crippen LogP contribution < -0.4 is 5.73 Å². The van der Waals surface area contributed by atoms with E-state index in [0.717, 1.165) is 18.3 Å². The van der Waals surface area contributed by atoms with Gasteiger partial charge in [0.05, 0.1) is 4.32 Å². The maximum absolute atomic E-state index is 7.43. The quantitative estimate of drug-likeness (QED) is 0.349. The summed E-state index contributed by atoms with van der Waals surface area (Å²) in [6.07, 6.45) is 7.87. The first-order chi connectivity index (χ1) is 6.94. The summed E-state index contributed by atoms with van der Waals surface area (Å²) in [5, 5.41) is 7.43. The van der Waals surface area contributed by atoms with E-state index in [9.17, 15) is 0 Å². The fourth-order valence-corrected chi connectivity index (χ4v) is 1.83. The molecule has 4 heteroatoms. The van der Waals surface area contributed by atoms with E-state index in [1.54, 1.807) is 0 Å². The third-order valence-corrected chi connectivity index (χ3v) is 2.58. The number of hydrogen-bond acceptors (Lipinski definition) is 1. The lowest BCUT2D eigenvalue weighted by molar-refractivity contribution is 1.03. The van der Waals surface area contributed by atoms with Crippen LogP contribution in [0.25, 0.3) is 0 Å². The number of nitrogens with two attached hydrogens (primary N) is 1. The molecule has 0 aromatic carbocycles. The minimum atomic E-state index is -0.182. The SMILES string of the molecule is C=CBC1=CC(C)(Br)C=CC(C(=N)N)=C1. The molecule has 0 fully saturated rings. The fourth-order valence-electron chi connectivity index (χ4n) is 1.40. The molecular formula is C11H14BBrN2. The first kappa shape index (κ1) is 12.0. The van der Waals surface area contributed by atoms with E-state index in [-0.39, 0.29) is 10.2 Å². The van der Waals surface area contributed by atoms with Crippen molar-refractivity contribution in [3.05, 3.63) is 47.9 Å². The molecule has 0 aromatic rings. The number of allylic oxidation sites excluding steroid dienone is 4. The van der Waals surface area contributed by atoms with E-state index < -0.39 is 0 Å². The number of alkyl halides is 1. The van der Waals surface area contributed by atoms with Gasteiger partial charge in [0.1, 0.15) is 5.84 Å². The molecular weight excluding hydrogens is 251 g/mol. The van der Waals surface area contributed by atoms with Crippen molar-refractivity contribution in [2.24, 2.45) is 5.73 Å². The van der Waals surface area contributed by atoms with Crippen LogP contribution in [0.5, 0.6) is 0 Å². The molecule has 2 nitrogen and oxygen atoms in total. The van der Waals surface area contributed by atoms with Crippen molar-refractivity contribution in [2.45, 2.75) is 11.2 Å². The zero-order valence-corrected chi connectivity index (χ0v) is 10.3. The van der Waals surface area contributed by atoms with E-state index in [1.807, 2.05) is 31.1 Å². The van der Waals surface area contributed by atoms with Crippen molar-refractivity contribution >= 4 is 29.0 Å². The molecule has 0 amide bonds. The molecule has 0 aliphatic heterocycles. The highest BCUT2D eigenvalue weighted by Gasteiger charge is 2.16. The first-order valence-electron chi connectivity index (χ1n) is 4.71. The van der Waals surface area contributed by atoms with Crippen LogP contribution in [0.3, 0.4) is 0 Å². The summed E-state index contributed by atoms with van der Waals surface area (Å²) in [6.45, 7) is 5.76. The smallest absolute Gasteiger partial charge is 0.181 e. The van der Waals surface area contributed by atoms with Crippen molar-refractivity contribution in [1.82, 2.24) is 0 Å². The van der Waals surface area contributed by atoms with Gasteiger partial charge < -0.3 is 5.73 Å². The highest BCUT2D eigenvalue weighted by molar-refractivity contribution is 9.10. The van der Waals surface area contributed by atoms with Gasteiger partial charge in [0.2, 0.25) is 0 Å². The monoisotopic (exact) mass is 264 g/mol. The van der Waals surface area contributed by atoms with Crippen LogP contribution in [0.15, 0.2) is 47.9 Å². The molecule has 3 N–H and O–H groups in total. The van der Waals surface area contributed by atoms with Crippen molar-refractivity contribution in [3.63, 3.8) is 0 Å². The van der Waals surface area contributed by atoms with E-state index in [0.29, 0.717) is 0 Å². The van der Waals surface area contributed by atoms with Gasteiger partial charge in [-0.1, -0.05) is 45.7 Å². The van der Waals surface area contributed by atoms with E-state index in [4.69, 9.17) is 11.1 Å². The second-order valence-electron chi connectivity index (χ2n) is 3.71. The molecule has 0 heterocycles.